The summed E-state index contributed by atoms with van der Waals surface area (Å²) in [6.07, 6.45) is 5.15. The van der Waals surface area contributed by atoms with Crippen LogP contribution in [0.3, 0.4) is 0 Å². The van der Waals surface area contributed by atoms with Gasteiger partial charge in [-0.2, -0.15) is 0 Å². The fourth-order valence-electron chi connectivity index (χ4n) is 2.67. The van der Waals surface area contributed by atoms with Crippen LogP contribution in [0, 0.1) is 0 Å². The Morgan fingerprint density at radius 2 is 1.48 bits per heavy atom. The molecule has 4 rings (SSSR count). The van der Waals surface area contributed by atoms with Gasteiger partial charge in [0, 0.05) is 10.9 Å². The Balaban J connectivity index is 1.76. The first-order valence-electron chi connectivity index (χ1n) is 7.72. The number of para-hydroxylation sites is 3. The molecule has 0 atom stereocenters. The standard InChI is InChI=1S/C20H13N3O2/c24-20(25)16-11-13(22-17-6-2-1-5-15(16)17)9-10-14-12-21-18-7-3-4-8-19(18)23-14/h1-12H,(H,24,25)/p-1/b10-9+. The van der Waals surface area contributed by atoms with Gasteiger partial charge in [-0.3, -0.25) is 4.98 Å². The van der Waals surface area contributed by atoms with Crippen LogP contribution in [-0.4, -0.2) is 20.9 Å². The molecule has 0 spiro atoms. The Bertz CT molecular complexity index is 1140. The molecule has 5 heteroatoms. The van der Waals surface area contributed by atoms with Crippen molar-refractivity contribution in [2.45, 2.75) is 0 Å². The van der Waals surface area contributed by atoms with Gasteiger partial charge in [-0.15, -0.1) is 0 Å². The largest absolute Gasteiger partial charge is 0.545 e. The highest BCUT2D eigenvalue weighted by molar-refractivity contribution is 6.02. The fourth-order valence-corrected chi connectivity index (χ4v) is 2.67. The third-order valence-corrected chi connectivity index (χ3v) is 3.85. The second-order valence-corrected chi connectivity index (χ2v) is 5.52. The van der Waals surface area contributed by atoms with Crippen molar-refractivity contribution in [1.82, 2.24) is 15.0 Å². The van der Waals surface area contributed by atoms with Crippen molar-refractivity contribution in [1.29, 1.82) is 0 Å². The Labute approximate surface area is 143 Å². The second-order valence-electron chi connectivity index (χ2n) is 5.52. The summed E-state index contributed by atoms with van der Waals surface area (Å²) in [5.74, 6) is -1.22. The lowest BCUT2D eigenvalue weighted by atomic mass is 10.1. The molecule has 0 radical (unpaired) electrons. The summed E-state index contributed by atoms with van der Waals surface area (Å²) >= 11 is 0. The van der Waals surface area contributed by atoms with Crippen LogP contribution in [0.25, 0.3) is 34.1 Å². The number of hydrogen-bond acceptors (Lipinski definition) is 5. The van der Waals surface area contributed by atoms with Crippen LogP contribution in [0.15, 0.2) is 60.8 Å². The predicted molar refractivity (Wildman–Crippen MR) is 94.5 cm³/mol. The van der Waals surface area contributed by atoms with E-state index in [0.717, 1.165) is 11.0 Å². The Hall–Kier alpha value is -3.60. The molecule has 2 aromatic heterocycles. The van der Waals surface area contributed by atoms with Gasteiger partial charge < -0.3 is 9.90 Å². The quantitative estimate of drug-likeness (QED) is 0.578. The lowest BCUT2D eigenvalue weighted by Gasteiger charge is -2.08. The fraction of sp³-hybridized carbons (Fsp3) is 0. The first kappa shape index (κ1) is 15.0. The smallest absolute Gasteiger partial charge is 0.0894 e. The number of aromatic nitrogens is 3. The zero-order chi connectivity index (χ0) is 17.2. The maximum Gasteiger partial charge on any atom is 0.0894 e. The van der Waals surface area contributed by atoms with E-state index in [2.05, 4.69) is 15.0 Å². The molecule has 2 heterocycles. The first-order chi connectivity index (χ1) is 12.2. The van der Waals surface area contributed by atoms with Gasteiger partial charge in [0.05, 0.1) is 40.1 Å². The Kier molecular flexibility index (Phi) is 3.67. The molecule has 2 aromatic carbocycles. The van der Waals surface area contributed by atoms with Crippen LogP contribution in [0.2, 0.25) is 0 Å². The number of carbonyl (C=O) groups is 1. The highest BCUT2D eigenvalue weighted by atomic mass is 16.4. The summed E-state index contributed by atoms with van der Waals surface area (Å²) in [5.41, 5.74) is 3.54. The summed E-state index contributed by atoms with van der Waals surface area (Å²) in [5, 5.41) is 12.0. The summed E-state index contributed by atoms with van der Waals surface area (Å²) in [6, 6.07) is 16.2. The number of carboxylic acid groups (broad SMARTS) is 1. The first-order valence-corrected chi connectivity index (χ1v) is 7.72. The van der Waals surface area contributed by atoms with Crippen molar-refractivity contribution in [3.05, 3.63) is 77.7 Å². The molecule has 25 heavy (non-hydrogen) atoms. The zero-order valence-electron chi connectivity index (χ0n) is 13.1. The molecule has 0 saturated heterocycles. The topological polar surface area (TPSA) is 78.8 Å². The maximum absolute atomic E-state index is 11.4. The van der Waals surface area contributed by atoms with Crippen LogP contribution in [0.1, 0.15) is 21.7 Å². The van der Waals surface area contributed by atoms with Gasteiger partial charge in [0.15, 0.2) is 0 Å². The van der Waals surface area contributed by atoms with Crippen LogP contribution in [0.5, 0.6) is 0 Å². The zero-order valence-corrected chi connectivity index (χ0v) is 13.1. The van der Waals surface area contributed by atoms with E-state index in [-0.39, 0.29) is 5.56 Å². The molecule has 0 saturated carbocycles. The normalized spacial score (nSPS) is 11.4. The average molecular weight is 326 g/mol. The molecule has 0 aliphatic heterocycles. The van der Waals surface area contributed by atoms with E-state index in [9.17, 15) is 9.90 Å². The van der Waals surface area contributed by atoms with Gasteiger partial charge in [0.2, 0.25) is 0 Å². The molecule has 0 fully saturated rings. The highest BCUT2D eigenvalue weighted by Gasteiger charge is 2.05. The van der Waals surface area contributed by atoms with E-state index in [0.29, 0.717) is 22.3 Å². The molecule has 5 nitrogen and oxygen atoms in total. The Morgan fingerprint density at radius 1 is 0.840 bits per heavy atom. The van der Waals surface area contributed by atoms with E-state index < -0.39 is 5.97 Å². The van der Waals surface area contributed by atoms with Crippen molar-refractivity contribution in [2.24, 2.45) is 0 Å². The number of aromatic carboxylic acids is 1. The van der Waals surface area contributed by atoms with Crippen LogP contribution >= 0.6 is 0 Å². The Morgan fingerprint density at radius 3 is 2.28 bits per heavy atom. The lowest BCUT2D eigenvalue weighted by molar-refractivity contribution is -0.254. The van der Waals surface area contributed by atoms with Crippen LogP contribution in [0.4, 0.5) is 0 Å². The number of carboxylic acids is 1. The van der Waals surface area contributed by atoms with Crippen molar-refractivity contribution < 1.29 is 9.90 Å². The minimum atomic E-state index is -1.22. The molecule has 0 unspecified atom stereocenters. The number of hydrogen-bond donors (Lipinski definition) is 0. The molecule has 120 valence electrons. The third kappa shape index (κ3) is 2.95. The number of nitrogens with zero attached hydrogens (tertiary/aromatic N) is 3. The second kappa shape index (κ2) is 6.13. The van der Waals surface area contributed by atoms with Crippen LogP contribution < -0.4 is 5.11 Å². The van der Waals surface area contributed by atoms with Gasteiger partial charge in [-0.05, 0) is 36.4 Å². The van der Waals surface area contributed by atoms with Crippen molar-refractivity contribution in [3.8, 4) is 0 Å². The van der Waals surface area contributed by atoms with E-state index >= 15 is 0 Å². The van der Waals surface area contributed by atoms with Gasteiger partial charge in [0.1, 0.15) is 0 Å². The van der Waals surface area contributed by atoms with Crippen molar-refractivity contribution >= 4 is 40.1 Å². The van der Waals surface area contributed by atoms with Gasteiger partial charge in [0.25, 0.3) is 0 Å². The molecular weight excluding hydrogens is 314 g/mol. The minimum Gasteiger partial charge on any atom is -0.545 e. The molecule has 0 aliphatic rings. The molecule has 0 amide bonds. The minimum absolute atomic E-state index is 0.120. The number of benzene rings is 2. The van der Waals surface area contributed by atoms with E-state index in [1.54, 1.807) is 36.5 Å². The molecule has 0 bridgehead atoms. The summed E-state index contributed by atoms with van der Waals surface area (Å²) in [7, 11) is 0. The van der Waals surface area contributed by atoms with Crippen molar-refractivity contribution in [3.63, 3.8) is 0 Å². The van der Waals surface area contributed by atoms with E-state index in [1.165, 1.54) is 6.07 Å². The van der Waals surface area contributed by atoms with E-state index in [4.69, 9.17) is 0 Å². The number of fused-ring (bicyclic) bond motifs is 2. The predicted octanol–water partition coefficient (Wildman–Crippen LogP) is 2.71. The number of carbonyl (C=O) groups excluding carboxylic acids is 1. The molecular formula is C20H12N3O2-. The number of pyridine rings is 1. The van der Waals surface area contributed by atoms with E-state index in [1.807, 2.05) is 30.3 Å². The molecule has 4 aromatic rings. The SMILES string of the molecule is O=C([O-])c1cc(/C=C/c2cnc3ccccc3n2)nc2ccccc12. The molecule has 0 N–H and O–H groups in total. The summed E-state index contributed by atoms with van der Waals surface area (Å²) in [4.78, 5) is 24.7. The maximum atomic E-state index is 11.4. The highest BCUT2D eigenvalue weighted by Crippen LogP contribution is 2.19. The summed E-state index contributed by atoms with van der Waals surface area (Å²) < 4.78 is 0. The third-order valence-electron chi connectivity index (χ3n) is 3.85. The van der Waals surface area contributed by atoms with Gasteiger partial charge >= 0.3 is 0 Å². The molecule has 0 aliphatic carbocycles. The van der Waals surface area contributed by atoms with Gasteiger partial charge in [-0.25, -0.2) is 9.97 Å². The average Bonchev–Trinajstić information content (AvgIpc) is 2.65. The lowest BCUT2D eigenvalue weighted by Crippen LogP contribution is -2.22. The monoisotopic (exact) mass is 326 g/mol. The van der Waals surface area contributed by atoms with Crippen LogP contribution in [-0.2, 0) is 0 Å². The number of rotatable bonds is 3. The summed E-state index contributed by atoms with van der Waals surface area (Å²) in [6.45, 7) is 0. The van der Waals surface area contributed by atoms with Crippen molar-refractivity contribution in [2.75, 3.05) is 0 Å². The van der Waals surface area contributed by atoms with Gasteiger partial charge in [-0.1, -0.05) is 30.3 Å².